The Hall–Kier alpha value is -0.570. The summed E-state index contributed by atoms with van der Waals surface area (Å²) in [5.74, 6) is 0.637. The minimum absolute atomic E-state index is 0.138. The van der Waals surface area contributed by atoms with Crippen LogP contribution in [0.2, 0.25) is 0 Å². The Kier molecular flexibility index (Phi) is 3.76. The van der Waals surface area contributed by atoms with Crippen molar-refractivity contribution in [3.05, 3.63) is 0 Å². The van der Waals surface area contributed by atoms with Crippen LogP contribution in [0, 0.1) is 5.92 Å². The molecule has 1 saturated heterocycles. The quantitative estimate of drug-likeness (QED) is 0.704. The number of hydrogen-bond donors (Lipinski definition) is 0. The Labute approximate surface area is 105 Å². The van der Waals surface area contributed by atoms with E-state index in [0.717, 1.165) is 19.4 Å². The average Bonchev–Trinajstić information content (AvgIpc) is 2.33. The molecule has 3 nitrogen and oxygen atoms in total. The van der Waals surface area contributed by atoms with E-state index < -0.39 is 0 Å². The van der Waals surface area contributed by atoms with E-state index in [1.165, 1.54) is 19.3 Å². The van der Waals surface area contributed by atoms with E-state index in [4.69, 9.17) is 4.74 Å². The molecule has 1 amide bonds. The van der Waals surface area contributed by atoms with Crippen LogP contribution < -0.4 is 0 Å². The molecule has 17 heavy (non-hydrogen) atoms. The number of carbonyl (C=O) groups excluding carboxylic acids is 1. The van der Waals surface area contributed by atoms with Gasteiger partial charge in [-0.05, 0) is 33.6 Å². The van der Waals surface area contributed by atoms with E-state index in [9.17, 15) is 4.79 Å². The molecular formula is C14H25NO2. The summed E-state index contributed by atoms with van der Waals surface area (Å²) in [6.45, 7) is 7.69. The predicted octanol–water partition coefficient (Wildman–Crippen LogP) is 2.59. The maximum atomic E-state index is 12.6. The average molecular weight is 239 g/mol. The second-order valence-electron chi connectivity index (χ2n) is 6.22. The highest BCUT2D eigenvalue weighted by molar-refractivity contribution is 5.79. The third kappa shape index (κ3) is 2.82. The van der Waals surface area contributed by atoms with Gasteiger partial charge in [-0.3, -0.25) is 4.79 Å². The first kappa shape index (κ1) is 12.9. The van der Waals surface area contributed by atoms with Gasteiger partial charge in [0.2, 0.25) is 5.91 Å². The van der Waals surface area contributed by atoms with Gasteiger partial charge in [-0.1, -0.05) is 19.3 Å². The minimum Gasteiger partial charge on any atom is -0.374 e. The topological polar surface area (TPSA) is 29.5 Å². The minimum atomic E-state index is -0.138. The summed E-state index contributed by atoms with van der Waals surface area (Å²) < 4.78 is 5.67. The number of rotatable bonds is 1. The zero-order valence-corrected chi connectivity index (χ0v) is 11.4. The molecule has 98 valence electrons. The lowest BCUT2D eigenvalue weighted by Gasteiger charge is -2.46. The van der Waals surface area contributed by atoms with E-state index in [1.807, 2.05) is 0 Å². The molecule has 0 spiro atoms. The summed E-state index contributed by atoms with van der Waals surface area (Å²) in [5.41, 5.74) is -0.138. The Morgan fingerprint density at radius 1 is 1.24 bits per heavy atom. The standard InChI is InChI=1S/C14H25NO2/c1-11-9-15(14(2,3)10-17-11)13(16)12-7-5-4-6-8-12/h11-12H,4-10H2,1-3H3. The third-order valence-electron chi connectivity index (χ3n) is 4.11. The molecule has 0 aromatic carbocycles. The molecule has 2 aliphatic rings. The number of ether oxygens (including phenoxy) is 1. The number of carbonyl (C=O) groups is 1. The zero-order chi connectivity index (χ0) is 12.5. The van der Waals surface area contributed by atoms with Gasteiger partial charge >= 0.3 is 0 Å². The van der Waals surface area contributed by atoms with E-state index in [0.29, 0.717) is 12.5 Å². The Morgan fingerprint density at radius 2 is 1.88 bits per heavy atom. The van der Waals surface area contributed by atoms with E-state index >= 15 is 0 Å². The summed E-state index contributed by atoms with van der Waals surface area (Å²) in [5, 5.41) is 0. The van der Waals surface area contributed by atoms with Crippen molar-refractivity contribution in [2.75, 3.05) is 13.2 Å². The van der Waals surface area contributed by atoms with Crippen LogP contribution in [0.25, 0.3) is 0 Å². The molecule has 0 aromatic heterocycles. The maximum Gasteiger partial charge on any atom is 0.226 e. The first-order valence-electron chi connectivity index (χ1n) is 6.94. The van der Waals surface area contributed by atoms with Crippen molar-refractivity contribution in [3.8, 4) is 0 Å². The highest BCUT2D eigenvalue weighted by Crippen LogP contribution is 2.30. The first-order chi connectivity index (χ1) is 8.00. The van der Waals surface area contributed by atoms with Crippen molar-refractivity contribution < 1.29 is 9.53 Å². The van der Waals surface area contributed by atoms with Gasteiger partial charge in [0, 0.05) is 12.5 Å². The van der Waals surface area contributed by atoms with Crippen molar-refractivity contribution in [1.29, 1.82) is 0 Å². The molecule has 1 unspecified atom stereocenters. The van der Waals surface area contributed by atoms with Crippen LogP contribution in [0.4, 0.5) is 0 Å². The Balaban J connectivity index is 2.05. The van der Waals surface area contributed by atoms with E-state index in [1.54, 1.807) is 0 Å². The van der Waals surface area contributed by atoms with Crippen LogP contribution in [0.5, 0.6) is 0 Å². The first-order valence-corrected chi connectivity index (χ1v) is 6.94. The fraction of sp³-hybridized carbons (Fsp3) is 0.929. The van der Waals surface area contributed by atoms with Gasteiger partial charge in [-0.15, -0.1) is 0 Å². The lowest BCUT2D eigenvalue weighted by atomic mass is 9.86. The van der Waals surface area contributed by atoms with Crippen LogP contribution in [0.1, 0.15) is 52.9 Å². The molecule has 0 bridgehead atoms. The molecule has 2 rings (SSSR count). The molecule has 1 atom stereocenters. The maximum absolute atomic E-state index is 12.6. The molecule has 1 aliphatic heterocycles. The van der Waals surface area contributed by atoms with Crippen LogP contribution in [-0.4, -0.2) is 35.6 Å². The monoisotopic (exact) mass is 239 g/mol. The highest BCUT2D eigenvalue weighted by atomic mass is 16.5. The number of nitrogens with zero attached hydrogens (tertiary/aromatic N) is 1. The number of amides is 1. The predicted molar refractivity (Wildman–Crippen MR) is 67.8 cm³/mol. The lowest BCUT2D eigenvalue weighted by Crippen LogP contribution is -2.59. The molecule has 0 aromatic rings. The van der Waals surface area contributed by atoms with Crippen molar-refractivity contribution in [3.63, 3.8) is 0 Å². The molecule has 0 radical (unpaired) electrons. The van der Waals surface area contributed by atoms with Crippen LogP contribution in [-0.2, 0) is 9.53 Å². The number of morpholine rings is 1. The third-order valence-corrected chi connectivity index (χ3v) is 4.11. The van der Waals surface area contributed by atoms with Gasteiger partial charge in [-0.25, -0.2) is 0 Å². The molecular weight excluding hydrogens is 214 g/mol. The summed E-state index contributed by atoms with van der Waals surface area (Å²) in [7, 11) is 0. The Morgan fingerprint density at radius 3 is 2.53 bits per heavy atom. The molecule has 1 aliphatic carbocycles. The Bertz CT molecular complexity index is 282. The van der Waals surface area contributed by atoms with Gasteiger partial charge in [-0.2, -0.15) is 0 Å². The zero-order valence-electron chi connectivity index (χ0n) is 11.4. The summed E-state index contributed by atoms with van der Waals surface area (Å²) >= 11 is 0. The van der Waals surface area contributed by atoms with Crippen molar-refractivity contribution in [1.82, 2.24) is 4.90 Å². The van der Waals surface area contributed by atoms with Gasteiger partial charge in [0.1, 0.15) is 0 Å². The van der Waals surface area contributed by atoms with Crippen LogP contribution >= 0.6 is 0 Å². The SMILES string of the molecule is CC1CN(C(=O)C2CCCCC2)C(C)(C)CO1. The van der Waals surface area contributed by atoms with Gasteiger partial charge < -0.3 is 9.64 Å². The highest BCUT2D eigenvalue weighted by Gasteiger charge is 2.39. The van der Waals surface area contributed by atoms with Crippen LogP contribution in [0.15, 0.2) is 0 Å². The van der Waals surface area contributed by atoms with E-state index in [2.05, 4.69) is 25.7 Å². The van der Waals surface area contributed by atoms with Gasteiger partial charge in [0.05, 0.1) is 18.2 Å². The van der Waals surface area contributed by atoms with Crippen molar-refractivity contribution in [2.24, 2.45) is 5.92 Å². The van der Waals surface area contributed by atoms with Gasteiger partial charge in [0.15, 0.2) is 0 Å². The van der Waals surface area contributed by atoms with E-state index in [-0.39, 0.29) is 17.6 Å². The molecule has 2 fully saturated rings. The smallest absolute Gasteiger partial charge is 0.226 e. The molecule has 1 heterocycles. The number of hydrogen-bond acceptors (Lipinski definition) is 2. The summed E-state index contributed by atoms with van der Waals surface area (Å²) in [6.07, 6.45) is 6.08. The molecule has 1 saturated carbocycles. The van der Waals surface area contributed by atoms with Crippen molar-refractivity contribution >= 4 is 5.91 Å². The van der Waals surface area contributed by atoms with Gasteiger partial charge in [0.25, 0.3) is 0 Å². The second-order valence-corrected chi connectivity index (χ2v) is 6.22. The van der Waals surface area contributed by atoms with Crippen LogP contribution in [0.3, 0.4) is 0 Å². The fourth-order valence-electron chi connectivity index (χ4n) is 2.94. The molecule has 0 N–H and O–H groups in total. The normalized spacial score (nSPS) is 30.3. The second kappa shape index (κ2) is 4.97. The largest absolute Gasteiger partial charge is 0.374 e. The summed E-state index contributed by atoms with van der Waals surface area (Å²) in [4.78, 5) is 14.7. The fourth-order valence-corrected chi connectivity index (χ4v) is 2.94. The van der Waals surface area contributed by atoms with Crippen molar-refractivity contribution in [2.45, 2.75) is 64.5 Å². The lowest BCUT2D eigenvalue weighted by molar-refractivity contribution is -0.158. The molecule has 3 heteroatoms. The summed E-state index contributed by atoms with van der Waals surface area (Å²) in [6, 6.07) is 0.